The van der Waals surface area contributed by atoms with Gasteiger partial charge in [0.25, 0.3) is 11.8 Å². The van der Waals surface area contributed by atoms with Crippen molar-refractivity contribution in [3.8, 4) is 0 Å². The first-order valence-corrected chi connectivity index (χ1v) is 9.16. The Labute approximate surface area is 161 Å². The van der Waals surface area contributed by atoms with Crippen LogP contribution in [0.3, 0.4) is 0 Å². The van der Waals surface area contributed by atoms with E-state index in [9.17, 15) is 14.4 Å². The molecule has 4 rings (SSSR count). The molecular weight excluding hydrogens is 368 g/mol. The van der Waals surface area contributed by atoms with Gasteiger partial charge < -0.3 is 14.8 Å². The molecule has 2 fully saturated rings. The second-order valence-electron chi connectivity index (χ2n) is 6.84. The van der Waals surface area contributed by atoms with Crippen molar-refractivity contribution in [3.05, 3.63) is 53.3 Å². The zero-order chi connectivity index (χ0) is 19.1. The molecule has 140 valence electrons. The van der Waals surface area contributed by atoms with Crippen molar-refractivity contribution < 1.29 is 14.4 Å². The van der Waals surface area contributed by atoms with Gasteiger partial charge in [-0.1, -0.05) is 11.6 Å². The zero-order valence-corrected chi connectivity index (χ0v) is 15.5. The van der Waals surface area contributed by atoms with E-state index in [-0.39, 0.29) is 23.9 Å². The topological polar surface area (TPSA) is 74.7 Å². The summed E-state index contributed by atoms with van der Waals surface area (Å²) < 4.78 is 1.75. The summed E-state index contributed by atoms with van der Waals surface area (Å²) in [5.41, 5.74) is 1.07. The highest BCUT2D eigenvalue weighted by Crippen LogP contribution is 2.31. The molecule has 0 aliphatic carbocycles. The number of hydrogen-bond acceptors (Lipinski definition) is 3. The monoisotopic (exact) mass is 386 g/mol. The van der Waals surface area contributed by atoms with E-state index in [0.29, 0.717) is 35.8 Å². The number of carbonyl (C=O) groups excluding carboxylic acids is 3. The molecule has 1 N–H and O–H groups in total. The average Bonchev–Trinajstić information content (AvgIpc) is 3.18. The Morgan fingerprint density at radius 1 is 1.19 bits per heavy atom. The minimum atomic E-state index is -0.555. The lowest BCUT2D eigenvalue weighted by Gasteiger charge is -2.32. The van der Waals surface area contributed by atoms with E-state index < -0.39 is 6.04 Å². The molecule has 0 bridgehead atoms. The first-order chi connectivity index (χ1) is 13.0. The number of rotatable bonds is 3. The third-order valence-corrected chi connectivity index (χ3v) is 5.39. The van der Waals surface area contributed by atoms with Gasteiger partial charge in [0.1, 0.15) is 11.7 Å². The van der Waals surface area contributed by atoms with Crippen molar-refractivity contribution in [2.75, 3.05) is 11.4 Å². The maximum absolute atomic E-state index is 12.9. The van der Waals surface area contributed by atoms with Crippen molar-refractivity contribution in [1.29, 1.82) is 0 Å². The third-order valence-electron chi connectivity index (χ3n) is 5.14. The Balaban J connectivity index is 1.49. The van der Waals surface area contributed by atoms with Gasteiger partial charge in [-0.3, -0.25) is 9.59 Å². The minimum Gasteiger partial charge on any atom is -0.348 e. The predicted octanol–water partition coefficient (Wildman–Crippen LogP) is 2.41. The molecule has 27 heavy (non-hydrogen) atoms. The van der Waals surface area contributed by atoms with E-state index in [1.54, 1.807) is 59.1 Å². The predicted molar refractivity (Wildman–Crippen MR) is 101 cm³/mol. The van der Waals surface area contributed by atoms with Crippen LogP contribution in [0, 0.1) is 0 Å². The number of piperidine rings is 1. The summed E-state index contributed by atoms with van der Waals surface area (Å²) in [4.78, 5) is 40.8. The molecule has 2 saturated heterocycles. The highest BCUT2D eigenvalue weighted by molar-refractivity contribution is 6.30. The van der Waals surface area contributed by atoms with Crippen LogP contribution in [-0.2, 0) is 11.8 Å². The van der Waals surface area contributed by atoms with Gasteiger partial charge in [0, 0.05) is 30.9 Å². The lowest BCUT2D eigenvalue weighted by molar-refractivity contribution is -0.120. The fourth-order valence-electron chi connectivity index (χ4n) is 3.72. The van der Waals surface area contributed by atoms with Gasteiger partial charge >= 0.3 is 6.03 Å². The SMILES string of the molecule is Cn1cccc1C(=O)N[C@@H]1CCN2C(=O)N(c3ccc(Cl)cc3)C(=O)[C@@H]2C1. The van der Waals surface area contributed by atoms with E-state index in [0.717, 1.165) is 0 Å². The number of carbonyl (C=O) groups is 3. The van der Waals surface area contributed by atoms with E-state index in [2.05, 4.69) is 5.32 Å². The largest absolute Gasteiger partial charge is 0.348 e. The van der Waals surface area contributed by atoms with Gasteiger partial charge in [-0.05, 0) is 49.2 Å². The van der Waals surface area contributed by atoms with E-state index >= 15 is 0 Å². The van der Waals surface area contributed by atoms with Crippen LogP contribution in [0.5, 0.6) is 0 Å². The van der Waals surface area contributed by atoms with Gasteiger partial charge in [0.15, 0.2) is 0 Å². The number of fused-ring (bicyclic) bond motifs is 1. The molecule has 0 unspecified atom stereocenters. The standard InChI is InChI=1S/C19H19ClN4O3/c1-22-9-2-3-15(22)17(25)21-13-8-10-23-16(11-13)18(26)24(19(23)27)14-6-4-12(20)5-7-14/h2-7,9,13,16H,8,10-11H2,1H3,(H,21,25)/t13-,16+/m1/s1. The molecule has 2 aliphatic heterocycles. The van der Waals surface area contributed by atoms with Gasteiger partial charge in [-0.15, -0.1) is 0 Å². The number of halogens is 1. The molecule has 2 aliphatic rings. The van der Waals surface area contributed by atoms with Crippen LogP contribution in [0.25, 0.3) is 0 Å². The Kier molecular flexibility index (Phi) is 4.39. The normalized spacial score (nSPS) is 22.1. The number of benzene rings is 1. The van der Waals surface area contributed by atoms with Crippen LogP contribution in [0.2, 0.25) is 5.02 Å². The molecule has 7 nitrogen and oxygen atoms in total. The molecule has 4 amide bonds. The van der Waals surface area contributed by atoms with Crippen molar-refractivity contribution in [1.82, 2.24) is 14.8 Å². The number of aryl methyl sites for hydroxylation is 1. The minimum absolute atomic E-state index is 0.157. The molecule has 2 atom stereocenters. The van der Waals surface area contributed by atoms with Crippen molar-refractivity contribution in [3.63, 3.8) is 0 Å². The van der Waals surface area contributed by atoms with Crippen LogP contribution in [0.4, 0.5) is 10.5 Å². The third kappa shape index (κ3) is 3.08. The Hall–Kier alpha value is -2.80. The fourth-order valence-corrected chi connectivity index (χ4v) is 3.84. The van der Waals surface area contributed by atoms with Crippen molar-refractivity contribution in [2.45, 2.75) is 24.9 Å². The fraction of sp³-hybridized carbons (Fsp3) is 0.316. The molecule has 8 heteroatoms. The first kappa shape index (κ1) is 17.6. The quantitative estimate of drug-likeness (QED) is 0.823. The van der Waals surface area contributed by atoms with E-state index in [1.807, 2.05) is 0 Å². The molecule has 1 aromatic carbocycles. The van der Waals surface area contributed by atoms with Crippen molar-refractivity contribution in [2.24, 2.45) is 7.05 Å². The van der Waals surface area contributed by atoms with Gasteiger partial charge in [-0.2, -0.15) is 0 Å². The summed E-state index contributed by atoms with van der Waals surface area (Å²) >= 11 is 5.89. The van der Waals surface area contributed by atoms with Crippen LogP contribution in [0.15, 0.2) is 42.6 Å². The average molecular weight is 387 g/mol. The molecule has 0 spiro atoms. The van der Waals surface area contributed by atoms with Gasteiger partial charge in [0.05, 0.1) is 5.69 Å². The number of anilines is 1. The second kappa shape index (κ2) is 6.74. The zero-order valence-electron chi connectivity index (χ0n) is 14.8. The lowest BCUT2D eigenvalue weighted by Crippen LogP contribution is -2.50. The van der Waals surface area contributed by atoms with Gasteiger partial charge in [0.2, 0.25) is 0 Å². The smallest absolute Gasteiger partial charge is 0.332 e. The number of aromatic nitrogens is 1. The first-order valence-electron chi connectivity index (χ1n) is 8.78. The number of hydrogen-bond donors (Lipinski definition) is 1. The summed E-state index contributed by atoms with van der Waals surface area (Å²) in [5.74, 6) is -0.438. The summed E-state index contributed by atoms with van der Waals surface area (Å²) in [6.45, 7) is 0.428. The van der Waals surface area contributed by atoms with Crippen LogP contribution in [0.1, 0.15) is 23.3 Å². The lowest BCUT2D eigenvalue weighted by atomic mass is 9.98. The Morgan fingerprint density at radius 3 is 2.59 bits per heavy atom. The summed E-state index contributed by atoms with van der Waals surface area (Å²) in [6.07, 6.45) is 2.83. The molecular formula is C19H19ClN4O3. The van der Waals surface area contributed by atoms with E-state index in [1.165, 1.54) is 4.90 Å². The van der Waals surface area contributed by atoms with E-state index in [4.69, 9.17) is 11.6 Å². The summed E-state index contributed by atoms with van der Waals surface area (Å²) in [5, 5.41) is 3.53. The van der Waals surface area contributed by atoms with Crippen LogP contribution < -0.4 is 10.2 Å². The second-order valence-corrected chi connectivity index (χ2v) is 7.28. The highest BCUT2D eigenvalue weighted by atomic mass is 35.5. The summed E-state index contributed by atoms with van der Waals surface area (Å²) in [7, 11) is 1.81. The highest BCUT2D eigenvalue weighted by Gasteiger charge is 2.48. The van der Waals surface area contributed by atoms with Gasteiger partial charge in [-0.25, -0.2) is 9.69 Å². The Bertz CT molecular complexity index is 908. The molecule has 2 aromatic rings. The Morgan fingerprint density at radius 2 is 1.93 bits per heavy atom. The maximum Gasteiger partial charge on any atom is 0.332 e. The number of nitrogens with one attached hydrogen (secondary N) is 1. The molecule has 0 saturated carbocycles. The number of amides is 4. The molecule has 1 aromatic heterocycles. The summed E-state index contributed by atoms with van der Waals surface area (Å²) in [6, 6.07) is 9.14. The molecule has 3 heterocycles. The number of nitrogens with zero attached hydrogens (tertiary/aromatic N) is 3. The van der Waals surface area contributed by atoms with Crippen molar-refractivity contribution >= 4 is 35.1 Å². The number of urea groups is 1. The van der Waals surface area contributed by atoms with Crippen LogP contribution >= 0.6 is 11.6 Å². The van der Waals surface area contributed by atoms with Crippen LogP contribution in [-0.4, -0.2) is 45.9 Å². The number of imide groups is 1. The maximum atomic E-state index is 12.9. The molecule has 0 radical (unpaired) electrons.